The number of carbonyl (C=O) groups is 2. The average molecular weight is 541 g/mol. The summed E-state index contributed by atoms with van der Waals surface area (Å²) in [7, 11) is 0. The maximum absolute atomic E-state index is 13.0. The second-order valence-corrected chi connectivity index (χ2v) is 10.1. The number of fused-ring (bicyclic) bond motifs is 1. The Morgan fingerprint density at radius 1 is 0.921 bits per heavy atom. The summed E-state index contributed by atoms with van der Waals surface area (Å²) in [5.74, 6) is 0.392. The van der Waals surface area contributed by atoms with Gasteiger partial charge in [0.25, 0.3) is 11.8 Å². The van der Waals surface area contributed by atoms with Crippen LogP contribution in [0.15, 0.2) is 95.9 Å². The lowest BCUT2D eigenvalue weighted by Crippen LogP contribution is -2.44. The molecule has 0 bridgehead atoms. The highest BCUT2D eigenvalue weighted by Crippen LogP contribution is 2.34. The van der Waals surface area contributed by atoms with Gasteiger partial charge in [-0.1, -0.05) is 72.4 Å². The lowest BCUT2D eigenvalue weighted by atomic mass is 10.1. The minimum atomic E-state index is -0.408. The molecule has 0 saturated carbocycles. The van der Waals surface area contributed by atoms with E-state index in [1.807, 2.05) is 43.3 Å². The van der Waals surface area contributed by atoms with E-state index in [9.17, 15) is 9.59 Å². The number of amides is 2. The molecule has 8 heteroatoms. The van der Waals surface area contributed by atoms with Crippen LogP contribution in [0.1, 0.15) is 28.4 Å². The molecule has 0 spiro atoms. The SMILES string of the molecule is CCOc1cc(/C=C2\SC(=S)N(NC(=O)c3ccccc3)C2=O)ccc1OCc1ccc2ccccc2c1. The number of ether oxygens (including phenoxy) is 2. The summed E-state index contributed by atoms with van der Waals surface area (Å²) in [6, 6.07) is 28.6. The van der Waals surface area contributed by atoms with Crippen LogP contribution in [0.2, 0.25) is 0 Å². The molecule has 2 amide bonds. The summed E-state index contributed by atoms with van der Waals surface area (Å²) in [5, 5.41) is 3.44. The molecule has 1 saturated heterocycles. The molecule has 1 aliphatic rings. The first kappa shape index (κ1) is 25.5. The molecule has 0 radical (unpaired) electrons. The van der Waals surface area contributed by atoms with Crippen LogP contribution in [-0.2, 0) is 11.4 Å². The molecule has 1 aliphatic heterocycles. The number of carbonyl (C=O) groups excluding carboxylic acids is 2. The third kappa shape index (κ3) is 5.72. The molecular formula is C30H24N2O4S2. The van der Waals surface area contributed by atoms with Gasteiger partial charge >= 0.3 is 0 Å². The van der Waals surface area contributed by atoms with Crippen molar-refractivity contribution in [2.24, 2.45) is 0 Å². The monoisotopic (exact) mass is 540 g/mol. The van der Waals surface area contributed by atoms with Crippen LogP contribution in [0.4, 0.5) is 0 Å². The van der Waals surface area contributed by atoms with Gasteiger partial charge in [-0.05, 0) is 77.4 Å². The highest BCUT2D eigenvalue weighted by Gasteiger charge is 2.33. The van der Waals surface area contributed by atoms with Crippen molar-refractivity contribution in [1.82, 2.24) is 10.4 Å². The van der Waals surface area contributed by atoms with E-state index >= 15 is 0 Å². The topological polar surface area (TPSA) is 67.9 Å². The predicted molar refractivity (Wildman–Crippen MR) is 155 cm³/mol. The molecule has 190 valence electrons. The Kier molecular flexibility index (Phi) is 7.72. The van der Waals surface area contributed by atoms with Crippen LogP contribution >= 0.6 is 24.0 Å². The first-order chi connectivity index (χ1) is 18.5. The Balaban J connectivity index is 1.30. The molecule has 6 nitrogen and oxygen atoms in total. The van der Waals surface area contributed by atoms with Gasteiger partial charge in [0.05, 0.1) is 11.5 Å². The van der Waals surface area contributed by atoms with Crippen LogP contribution in [-0.4, -0.2) is 27.8 Å². The lowest BCUT2D eigenvalue weighted by molar-refractivity contribution is -0.123. The van der Waals surface area contributed by atoms with Gasteiger partial charge in [0.1, 0.15) is 6.61 Å². The lowest BCUT2D eigenvalue weighted by Gasteiger charge is -2.15. The van der Waals surface area contributed by atoms with E-state index in [2.05, 4.69) is 35.8 Å². The van der Waals surface area contributed by atoms with Gasteiger partial charge in [0.15, 0.2) is 15.8 Å². The van der Waals surface area contributed by atoms with Gasteiger partial charge in [-0.2, -0.15) is 5.01 Å². The fraction of sp³-hybridized carbons (Fsp3) is 0.100. The molecule has 4 aromatic carbocycles. The number of nitrogens with one attached hydrogen (secondary N) is 1. The smallest absolute Gasteiger partial charge is 0.285 e. The summed E-state index contributed by atoms with van der Waals surface area (Å²) in [4.78, 5) is 25.9. The molecule has 4 aromatic rings. The van der Waals surface area contributed by atoms with Crippen molar-refractivity contribution in [3.05, 3.63) is 113 Å². The molecule has 1 fully saturated rings. The zero-order valence-electron chi connectivity index (χ0n) is 20.5. The third-order valence-corrected chi connectivity index (χ3v) is 7.12. The van der Waals surface area contributed by atoms with E-state index in [0.717, 1.165) is 33.3 Å². The average Bonchev–Trinajstić information content (AvgIpc) is 3.20. The van der Waals surface area contributed by atoms with Crippen LogP contribution in [0.3, 0.4) is 0 Å². The number of hydrogen-bond acceptors (Lipinski definition) is 6. The molecule has 1 N–H and O–H groups in total. The molecule has 38 heavy (non-hydrogen) atoms. The highest BCUT2D eigenvalue weighted by atomic mass is 32.2. The number of thioether (sulfide) groups is 1. The summed E-state index contributed by atoms with van der Waals surface area (Å²) in [5.41, 5.74) is 4.83. The summed E-state index contributed by atoms with van der Waals surface area (Å²) in [6.45, 7) is 2.76. The largest absolute Gasteiger partial charge is 0.490 e. The number of rotatable bonds is 8. The van der Waals surface area contributed by atoms with E-state index < -0.39 is 5.91 Å². The van der Waals surface area contributed by atoms with Crippen molar-refractivity contribution >= 4 is 57.0 Å². The van der Waals surface area contributed by atoms with Crippen LogP contribution in [0.5, 0.6) is 11.5 Å². The number of hydrazine groups is 1. The Morgan fingerprint density at radius 2 is 1.68 bits per heavy atom. The van der Waals surface area contributed by atoms with Gasteiger partial charge < -0.3 is 9.47 Å². The van der Waals surface area contributed by atoms with E-state index in [-0.39, 0.29) is 10.2 Å². The Morgan fingerprint density at radius 3 is 2.47 bits per heavy atom. The van der Waals surface area contributed by atoms with Crippen LogP contribution in [0.25, 0.3) is 16.8 Å². The molecule has 0 aromatic heterocycles. The van der Waals surface area contributed by atoms with Crippen molar-refractivity contribution in [3.8, 4) is 11.5 Å². The zero-order chi connectivity index (χ0) is 26.5. The van der Waals surface area contributed by atoms with Gasteiger partial charge in [0.2, 0.25) is 0 Å². The summed E-state index contributed by atoms with van der Waals surface area (Å²) >= 11 is 6.47. The highest BCUT2D eigenvalue weighted by molar-refractivity contribution is 8.26. The summed E-state index contributed by atoms with van der Waals surface area (Å²) in [6.07, 6.45) is 1.73. The Labute approximate surface area is 230 Å². The van der Waals surface area contributed by atoms with Crippen molar-refractivity contribution in [2.75, 3.05) is 6.61 Å². The maximum atomic E-state index is 13.0. The molecular weight excluding hydrogens is 516 g/mol. The molecule has 0 unspecified atom stereocenters. The second-order valence-electron chi connectivity index (χ2n) is 8.43. The second kappa shape index (κ2) is 11.5. The summed E-state index contributed by atoms with van der Waals surface area (Å²) < 4.78 is 12.2. The third-order valence-electron chi connectivity index (χ3n) is 5.82. The molecule has 1 heterocycles. The quantitative estimate of drug-likeness (QED) is 0.207. The number of benzene rings is 4. The molecule has 0 atom stereocenters. The van der Waals surface area contributed by atoms with E-state index in [0.29, 0.717) is 35.2 Å². The predicted octanol–water partition coefficient (Wildman–Crippen LogP) is 6.36. The number of nitrogens with zero attached hydrogens (tertiary/aromatic N) is 1. The first-order valence-electron chi connectivity index (χ1n) is 12.0. The zero-order valence-corrected chi connectivity index (χ0v) is 22.2. The fourth-order valence-electron chi connectivity index (χ4n) is 3.96. The Bertz CT molecular complexity index is 1550. The van der Waals surface area contributed by atoms with E-state index in [4.69, 9.17) is 21.7 Å². The standard InChI is InChI=1S/C30H24N2O4S2/c1-2-35-26-17-20(13-15-25(26)36-19-21-12-14-22-8-6-7-11-24(22)16-21)18-27-29(34)32(30(37)38-27)31-28(33)23-9-4-3-5-10-23/h3-18H,2,19H2,1H3,(H,31,33)/b27-18-. The van der Waals surface area contributed by atoms with Gasteiger partial charge in [-0.25, -0.2) is 0 Å². The number of hydrogen-bond donors (Lipinski definition) is 1. The van der Waals surface area contributed by atoms with Crippen LogP contribution < -0.4 is 14.9 Å². The van der Waals surface area contributed by atoms with E-state index in [1.165, 1.54) is 5.39 Å². The minimum absolute atomic E-state index is 0.255. The minimum Gasteiger partial charge on any atom is -0.490 e. The van der Waals surface area contributed by atoms with Crippen molar-refractivity contribution in [1.29, 1.82) is 0 Å². The van der Waals surface area contributed by atoms with Crippen LogP contribution in [0, 0.1) is 0 Å². The van der Waals surface area contributed by atoms with Gasteiger partial charge in [-0.15, -0.1) is 0 Å². The molecule has 5 rings (SSSR count). The maximum Gasteiger partial charge on any atom is 0.285 e. The van der Waals surface area contributed by atoms with Crippen molar-refractivity contribution < 1.29 is 19.1 Å². The normalized spacial score (nSPS) is 14.2. The van der Waals surface area contributed by atoms with Gasteiger partial charge in [-0.3, -0.25) is 15.0 Å². The van der Waals surface area contributed by atoms with Crippen molar-refractivity contribution in [3.63, 3.8) is 0 Å². The molecule has 0 aliphatic carbocycles. The Hall–Kier alpha value is -4.14. The van der Waals surface area contributed by atoms with Crippen molar-refractivity contribution in [2.45, 2.75) is 13.5 Å². The van der Waals surface area contributed by atoms with Gasteiger partial charge in [0, 0.05) is 5.56 Å². The fourth-order valence-corrected chi connectivity index (χ4v) is 5.14. The first-order valence-corrected chi connectivity index (χ1v) is 13.3. The van der Waals surface area contributed by atoms with E-state index in [1.54, 1.807) is 30.3 Å². The number of thiocarbonyl (C=S) groups is 1.